The van der Waals surface area contributed by atoms with Crippen LogP contribution in [0.25, 0.3) is 0 Å². The third-order valence-corrected chi connectivity index (χ3v) is 6.36. The molecule has 2 aromatic rings. The highest BCUT2D eigenvalue weighted by Gasteiger charge is 2.23. The van der Waals surface area contributed by atoms with Gasteiger partial charge in [-0.1, -0.05) is 0 Å². The number of halogens is 1. The minimum atomic E-state index is -3.73. The van der Waals surface area contributed by atoms with E-state index in [9.17, 15) is 12.8 Å². The SMILES string of the molecule is CN(C)c1cc(N2CCCNCC2)ccc1S(=O)(=O)c1ccc(F)cc1. The molecule has 1 heterocycles. The first kappa shape index (κ1) is 18.7. The minimum absolute atomic E-state index is 0.0914. The summed E-state index contributed by atoms with van der Waals surface area (Å²) >= 11 is 0. The van der Waals surface area contributed by atoms with E-state index in [1.165, 1.54) is 24.3 Å². The summed E-state index contributed by atoms with van der Waals surface area (Å²) in [4.78, 5) is 4.39. The Hall–Kier alpha value is -2.12. The van der Waals surface area contributed by atoms with Gasteiger partial charge in [0.1, 0.15) is 5.82 Å². The number of hydrogen-bond acceptors (Lipinski definition) is 5. The molecule has 0 atom stereocenters. The third-order valence-electron chi connectivity index (χ3n) is 4.54. The first-order valence-corrected chi connectivity index (χ1v) is 10.2. The van der Waals surface area contributed by atoms with Crippen molar-refractivity contribution in [2.24, 2.45) is 0 Å². The molecule has 1 aliphatic rings. The van der Waals surface area contributed by atoms with Crippen molar-refractivity contribution in [3.63, 3.8) is 0 Å². The second kappa shape index (κ2) is 7.63. The zero-order valence-corrected chi connectivity index (χ0v) is 15.9. The topological polar surface area (TPSA) is 52.6 Å². The highest BCUT2D eigenvalue weighted by atomic mass is 32.2. The van der Waals surface area contributed by atoms with Crippen molar-refractivity contribution >= 4 is 21.2 Å². The molecule has 0 saturated carbocycles. The van der Waals surface area contributed by atoms with E-state index < -0.39 is 15.7 Å². The molecule has 7 heteroatoms. The summed E-state index contributed by atoms with van der Waals surface area (Å²) < 4.78 is 39.2. The van der Waals surface area contributed by atoms with E-state index in [1.54, 1.807) is 11.0 Å². The molecular weight excluding hydrogens is 353 g/mol. The van der Waals surface area contributed by atoms with Gasteiger partial charge in [-0.05, 0) is 55.4 Å². The molecular formula is C19H24FN3O2S. The van der Waals surface area contributed by atoms with Gasteiger partial charge in [-0.15, -0.1) is 0 Å². The number of rotatable bonds is 4. The Bertz CT molecular complexity index is 859. The van der Waals surface area contributed by atoms with Crippen molar-refractivity contribution in [3.05, 3.63) is 48.3 Å². The smallest absolute Gasteiger partial charge is 0.208 e. The number of nitrogens with zero attached hydrogens (tertiary/aromatic N) is 2. The van der Waals surface area contributed by atoms with Gasteiger partial charge in [-0.2, -0.15) is 0 Å². The Morgan fingerprint density at radius 2 is 1.77 bits per heavy atom. The largest absolute Gasteiger partial charge is 0.377 e. The van der Waals surface area contributed by atoms with Crippen LogP contribution in [0.15, 0.2) is 52.3 Å². The average Bonchev–Trinajstić information content (AvgIpc) is 2.91. The van der Waals surface area contributed by atoms with Gasteiger partial charge < -0.3 is 15.1 Å². The van der Waals surface area contributed by atoms with E-state index >= 15 is 0 Å². The van der Waals surface area contributed by atoms with Crippen molar-refractivity contribution in [3.8, 4) is 0 Å². The zero-order valence-electron chi connectivity index (χ0n) is 15.1. The average molecular weight is 377 g/mol. The number of anilines is 2. The van der Waals surface area contributed by atoms with Crippen LogP contribution in [0.2, 0.25) is 0 Å². The molecule has 26 heavy (non-hydrogen) atoms. The van der Waals surface area contributed by atoms with E-state index in [-0.39, 0.29) is 9.79 Å². The molecule has 0 unspecified atom stereocenters. The van der Waals surface area contributed by atoms with Gasteiger partial charge in [0.25, 0.3) is 0 Å². The summed E-state index contributed by atoms with van der Waals surface area (Å²) in [5, 5.41) is 3.37. The van der Waals surface area contributed by atoms with Crippen LogP contribution < -0.4 is 15.1 Å². The minimum Gasteiger partial charge on any atom is -0.377 e. The fourth-order valence-electron chi connectivity index (χ4n) is 3.12. The van der Waals surface area contributed by atoms with Gasteiger partial charge in [-0.25, -0.2) is 12.8 Å². The molecule has 5 nitrogen and oxygen atoms in total. The van der Waals surface area contributed by atoms with Gasteiger partial charge in [0.15, 0.2) is 0 Å². The molecule has 0 aliphatic carbocycles. The molecule has 0 spiro atoms. The second-order valence-corrected chi connectivity index (χ2v) is 8.51. The van der Waals surface area contributed by atoms with Crippen LogP contribution in [0, 0.1) is 5.82 Å². The summed E-state index contributed by atoms with van der Waals surface area (Å²) in [6.07, 6.45) is 1.05. The zero-order chi connectivity index (χ0) is 18.7. The molecule has 0 radical (unpaired) electrons. The van der Waals surface area contributed by atoms with E-state index in [0.29, 0.717) is 5.69 Å². The van der Waals surface area contributed by atoms with E-state index in [2.05, 4.69) is 10.2 Å². The maximum Gasteiger partial charge on any atom is 0.208 e. The molecule has 3 rings (SSSR count). The lowest BCUT2D eigenvalue weighted by Gasteiger charge is -2.25. The number of benzene rings is 2. The van der Waals surface area contributed by atoms with Crippen LogP contribution >= 0.6 is 0 Å². The Labute approximate surface area is 154 Å². The monoisotopic (exact) mass is 377 g/mol. The standard InChI is InChI=1S/C19H24FN3O2S/c1-22(2)18-14-16(23-12-3-10-21-11-13-23)6-9-19(18)26(24,25)17-7-4-15(20)5-8-17/h4-9,14,21H,3,10-13H2,1-2H3. The van der Waals surface area contributed by atoms with Crippen LogP contribution in [0.3, 0.4) is 0 Å². The predicted molar refractivity (Wildman–Crippen MR) is 102 cm³/mol. The Morgan fingerprint density at radius 3 is 2.46 bits per heavy atom. The fraction of sp³-hybridized carbons (Fsp3) is 0.368. The number of hydrogen-bond donors (Lipinski definition) is 1. The maximum atomic E-state index is 13.2. The number of nitrogens with one attached hydrogen (secondary N) is 1. The molecule has 1 fully saturated rings. The molecule has 0 amide bonds. The fourth-order valence-corrected chi connectivity index (χ4v) is 4.64. The highest BCUT2D eigenvalue weighted by Crippen LogP contribution is 2.33. The van der Waals surface area contributed by atoms with Gasteiger partial charge >= 0.3 is 0 Å². The first-order valence-electron chi connectivity index (χ1n) is 8.67. The molecule has 2 aromatic carbocycles. The van der Waals surface area contributed by atoms with Crippen LogP contribution in [0.4, 0.5) is 15.8 Å². The Kier molecular flexibility index (Phi) is 5.48. The lowest BCUT2D eigenvalue weighted by atomic mass is 10.2. The maximum absolute atomic E-state index is 13.2. The molecule has 0 bridgehead atoms. The third kappa shape index (κ3) is 3.83. The summed E-state index contributed by atoms with van der Waals surface area (Å²) in [7, 11) is -0.0730. The van der Waals surface area contributed by atoms with Gasteiger partial charge in [-0.3, -0.25) is 0 Å². The van der Waals surface area contributed by atoms with Crippen molar-refractivity contribution in [2.45, 2.75) is 16.2 Å². The van der Waals surface area contributed by atoms with E-state index in [1.807, 2.05) is 26.2 Å². The quantitative estimate of drug-likeness (QED) is 0.830. The van der Waals surface area contributed by atoms with Gasteiger partial charge in [0.2, 0.25) is 9.84 Å². The second-order valence-electron chi connectivity index (χ2n) is 6.59. The van der Waals surface area contributed by atoms with Crippen molar-refractivity contribution < 1.29 is 12.8 Å². The lowest BCUT2D eigenvalue weighted by molar-refractivity contribution is 0.594. The summed E-state index contributed by atoms with van der Waals surface area (Å²) in [6, 6.07) is 10.4. The van der Waals surface area contributed by atoms with E-state index in [4.69, 9.17) is 0 Å². The molecule has 1 saturated heterocycles. The van der Waals surface area contributed by atoms with Crippen LogP contribution in [0.5, 0.6) is 0 Å². The van der Waals surface area contributed by atoms with E-state index in [0.717, 1.165) is 38.3 Å². The number of sulfone groups is 1. The highest BCUT2D eigenvalue weighted by molar-refractivity contribution is 7.91. The summed E-state index contributed by atoms with van der Waals surface area (Å²) in [6.45, 7) is 3.72. The summed E-state index contributed by atoms with van der Waals surface area (Å²) in [5.74, 6) is -0.457. The molecule has 0 aromatic heterocycles. The van der Waals surface area contributed by atoms with Crippen LogP contribution in [0.1, 0.15) is 6.42 Å². The molecule has 1 N–H and O–H groups in total. The molecule has 1 aliphatic heterocycles. The van der Waals surface area contributed by atoms with Gasteiger partial charge in [0, 0.05) is 39.4 Å². The van der Waals surface area contributed by atoms with Crippen molar-refractivity contribution in [1.82, 2.24) is 5.32 Å². The van der Waals surface area contributed by atoms with Crippen molar-refractivity contribution in [1.29, 1.82) is 0 Å². The molecule has 140 valence electrons. The first-order chi connectivity index (χ1) is 12.4. The lowest BCUT2D eigenvalue weighted by Crippen LogP contribution is -2.28. The van der Waals surface area contributed by atoms with Crippen molar-refractivity contribution in [2.75, 3.05) is 50.1 Å². The Balaban J connectivity index is 2.02. The van der Waals surface area contributed by atoms with Crippen LogP contribution in [-0.2, 0) is 9.84 Å². The van der Waals surface area contributed by atoms with Gasteiger partial charge in [0.05, 0.1) is 15.5 Å². The van der Waals surface area contributed by atoms with Crippen LogP contribution in [-0.4, -0.2) is 48.7 Å². The summed E-state index contributed by atoms with van der Waals surface area (Å²) in [5.41, 5.74) is 1.64. The normalized spacial score (nSPS) is 15.6. The predicted octanol–water partition coefficient (Wildman–Crippen LogP) is 2.52. The Morgan fingerprint density at radius 1 is 1.04 bits per heavy atom.